The number of aromatic nitrogens is 2. The molecule has 2 aromatic carbocycles. The van der Waals surface area contributed by atoms with E-state index in [1.807, 2.05) is 12.1 Å². The Bertz CT molecular complexity index is 1720. The highest BCUT2D eigenvalue weighted by Gasteiger charge is 2.40. The second kappa shape index (κ2) is 14.5. The van der Waals surface area contributed by atoms with Crippen LogP contribution >= 0.6 is 0 Å². The fraction of sp³-hybridized carbons (Fsp3) is 0.486. The Morgan fingerprint density at radius 2 is 1.68 bits per heavy atom. The van der Waals surface area contributed by atoms with Crippen LogP contribution in [0.2, 0.25) is 0 Å². The number of piperazine rings is 1. The lowest BCUT2D eigenvalue weighted by Crippen LogP contribution is -2.61. The van der Waals surface area contributed by atoms with E-state index in [9.17, 15) is 13.6 Å². The van der Waals surface area contributed by atoms with Crippen LogP contribution in [0.15, 0.2) is 55.4 Å². The fourth-order valence-electron chi connectivity index (χ4n) is 7.84. The molecule has 0 spiro atoms. The molecule has 1 aromatic heterocycles. The number of hydrogen-bond donors (Lipinski definition) is 2. The largest absolute Gasteiger partial charge is 0.494 e. The zero-order valence-corrected chi connectivity index (χ0v) is 28.9. The molecular weight excluding hydrogens is 642 g/mol. The van der Waals surface area contributed by atoms with Crippen molar-refractivity contribution < 1.29 is 23.1 Å². The predicted octanol–water partition coefficient (Wildman–Crippen LogP) is 6.04. The topological polar surface area (TPSA) is 98.3 Å². The highest BCUT2D eigenvalue weighted by atomic mass is 19.1. The maximum Gasteiger partial charge on any atom is 0.247 e. The molecule has 13 heteroatoms. The summed E-state index contributed by atoms with van der Waals surface area (Å²) in [6, 6.07) is 10.7. The Balaban J connectivity index is 1.09. The molecule has 0 bridgehead atoms. The number of nitrogens with zero attached hydrogens (tertiary/aromatic N) is 6. The van der Waals surface area contributed by atoms with Crippen LogP contribution in [0.4, 0.5) is 37.5 Å². The van der Waals surface area contributed by atoms with Gasteiger partial charge in [0.1, 0.15) is 29.5 Å². The molecule has 3 saturated heterocycles. The molecule has 1 saturated carbocycles. The Kier molecular flexibility index (Phi) is 9.89. The monoisotopic (exact) mass is 688 g/mol. The average molecular weight is 689 g/mol. The van der Waals surface area contributed by atoms with Crippen LogP contribution in [0.3, 0.4) is 0 Å². The van der Waals surface area contributed by atoms with Gasteiger partial charge in [-0.25, -0.2) is 23.8 Å². The Morgan fingerprint density at radius 1 is 0.960 bits per heavy atom. The molecule has 4 aliphatic rings. The lowest BCUT2D eigenvalue weighted by Gasteiger charge is -2.49. The molecule has 3 aromatic rings. The van der Waals surface area contributed by atoms with Crippen molar-refractivity contribution in [3.8, 4) is 5.75 Å². The average Bonchev–Trinajstić information content (AvgIpc) is 3.85. The molecule has 3 aliphatic heterocycles. The summed E-state index contributed by atoms with van der Waals surface area (Å²) in [6.45, 7) is 12.7. The van der Waals surface area contributed by atoms with E-state index < -0.39 is 17.7 Å². The van der Waals surface area contributed by atoms with E-state index in [-0.39, 0.29) is 11.5 Å². The lowest BCUT2D eigenvalue weighted by molar-refractivity contribution is -0.111. The maximum atomic E-state index is 14.7. The fourth-order valence-corrected chi connectivity index (χ4v) is 7.84. The molecule has 266 valence electrons. The van der Waals surface area contributed by atoms with Gasteiger partial charge in [-0.2, -0.15) is 0 Å². The first-order chi connectivity index (χ1) is 24.2. The molecule has 1 amide bonds. The summed E-state index contributed by atoms with van der Waals surface area (Å²) < 4.78 is 34.6. The van der Waals surface area contributed by atoms with Crippen LogP contribution in [0.5, 0.6) is 5.75 Å². The third-order valence-corrected chi connectivity index (χ3v) is 10.5. The highest BCUT2D eigenvalue weighted by molar-refractivity contribution is 6.02. The van der Waals surface area contributed by atoms with Gasteiger partial charge in [0.05, 0.1) is 36.8 Å². The van der Waals surface area contributed by atoms with Gasteiger partial charge in [0.15, 0.2) is 5.82 Å². The third kappa shape index (κ3) is 7.12. The first-order valence-corrected chi connectivity index (χ1v) is 17.6. The molecule has 7 rings (SSSR count). The van der Waals surface area contributed by atoms with Gasteiger partial charge >= 0.3 is 0 Å². The molecular formula is C37H46F2N8O3. The number of rotatable bonds is 10. The summed E-state index contributed by atoms with van der Waals surface area (Å²) >= 11 is 0. The Hall–Kier alpha value is -4.33. The first kappa shape index (κ1) is 34.1. The van der Waals surface area contributed by atoms with E-state index in [1.54, 1.807) is 13.2 Å². The van der Waals surface area contributed by atoms with E-state index in [0.717, 1.165) is 62.9 Å². The second-order valence-electron chi connectivity index (χ2n) is 13.8. The quantitative estimate of drug-likeness (QED) is 0.246. The van der Waals surface area contributed by atoms with Crippen LogP contribution < -0.4 is 25.3 Å². The van der Waals surface area contributed by atoms with Gasteiger partial charge in [-0.05, 0) is 69.9 Å². The van der Waals surface area contributed by atoms with E-state index in [1.165, 1.54) is 36.4 Å². The van der Waals surface area contributed by atoms with Crippen LogP contribution in [-0.2, 0) is 9.63 Å². The molecule has 11 nitrogen and oxygen atoms in total. The number of benzene rings is 2. The molecule has 2 N–H and O–H groups in total. The summed E-state index contributed by atoms with van der Waals surface area (Å²) in [5, 5.41) is 7.78. The molecule has 3 atom stereocenters. The number of anilines is 5. The number of amides is 1. The van der Waals surface area contributed by atoms with Crippen molar-refractivity contribution in [1.82, 2.24) is 19.8 Å². The standard InChI is InChI=1S/C37H46F2N8O3/c1-5-37(48)43-30-17-31(42-35-19-36(41-22-40-35)47-32(12-15-50-47)28-16-25(38)6-9-29(28)39)34(49-4)18-33(30)44-13-10-27(11-14-44)46-21-23(2)45(20-24(46)3)26-7-8-26/h5-6,9,16-19,22-24,26-27,32H,1,7-8,10-15,20-21H2,2-4H3,(H,43,48)(H,40,41,42)/t23-,24+,32?/m0/s1. The number of hydrogen-bond acceptors (Lipinski definition) is 10. The van der Waals surface area contributed by atoms with Crippen molar-refractivity contribution >= 4 is 34.6 Å². The summed E-state index contributed by atoms with van der Waals surface area (Å²) in [6.07, 6.45) is 7.82. The minimum absolute atomic E-state index is 0.194. The molecule has 1 aliphatic carbocycles. The van der Waals surface area contributed by atoms with E-state index >= 15 is 0 Å². The first-order valence-electron chi connectivity index (χ1n) is 17.6. The number of methoxy groups -OCH3 is 1. The number of hydroxylamine groups is 1. The highest BCUT2D eigenvalue weighted by Crippen LogP contribution is 2.41. The SMILES string of the molecule is C=CC(=O)Nc1cc(Nc2cc(N3OCCC3c3cc(F)ccc3F)ncn2)c(OC)cc1N1CCC(N2C[C@H](C)N(C3CC3)C[C@H]2C)CC1. The maximum absolute atomic E-state index is 14.7. The summed E-state index contributed by atoms with van der Waals surface area (Å²) in [4.78, 5) is 34.9. The van der Waals surface area contributed by atoms with Crippen LogP contribution in [0.1, 0.15) is 57.6 Å². The molecule has 0 radical (unpaired) electrons. The van der Waals surface area contributed by atoms with Crippen molar-refractivity contribution in [3.05, 3.63) is 72.6 Å². The van der Waals surface area contributed by atoms with Crippen LogP contribution in [-0.4, -0.2) is 89.7 Å². The van der Waals surface area contributed by atoms with Crippen molar-refractivity contribution in [2.45, 2.75) is 76.2 Å². The zero-order valence-electron chi connectivity index (χ0n) is 28.9. The van der Waals surface area contributed by atoms with Gasteiger partial charge in [-0.1, -0.05) is 6.58 Å². The molecule has 4 heterocycles. The van der Waals surface area contributed by atoms with Crippen LogP contribution in [0, 0.1) is 11.6 Å². The molecule has 1 unspecified atom stereocenters. The number of halogens is 2. The number of ether oxygens (including phenoxy) is 1. The minimum Gasteiger partial charge on any atom is -0.494 e. The summed E-state index contributed by atoms with van der Waals surface area (Å²) in [5.74, 6) is 0.00335. The van der Waals surface area contributed by atoms with Gasteiger partial charge in [0.25, 0.3) is 0 Å². The van der Waals surface area contributed by atoms with E-state index in [4.69, 9.17) is 9.57 Å². The molecule has 50 heavy (non-hydrogen) atoms. The van der Waals surface area contributed by atoms with Crippen LogP contribution in [0.25, 0.3) is 0 Å². The van der Waals surface area contributed by atoms with Gasteiger partial charge < -0.3 is 20.3 Å². The number of carbonyl (C=O) groups excluding carboxylic acids is 1. The van der Waals surface area contributed by atoms with E-state index in [0.29, 0.717) is 59.9 Å². The summed E-state index contributed by atoms with van der Waals surface area (Å²) in [7, 11) is 1.60. The van der Waals surface area contributed by atoms with Gasteiger partial charge in [0.2, 0.25) is 5.91 Å². The minimum atomic E-state index is -0.564. The van der Waals surface area contributed by atoms with Crippen molar-refractivity contribution in [1.29, 1.82) is 0 Å². The number of nitrogens with one attached hydrogen (secondary N) is 2. The third-order valence-electron chi connectivity index (χ3n) is 10.5. The number of carbonyl (C=O) groups is 1. The zero-order chi connectivity index (χ0) is 34.9. The van der Waals surface area contributed by atoms with Crippen molar-refractivity contribution in [2.75, 3.05) is 60.5 Å². The Morgan fingerprint density at radius 3 is 2.36 bits per heavy atom. The Labute approximate surface area is 292 Å². The molecule has 4 fully saturated rings. The predicted molar refractivity (Wildman–Crippen MR) is 190 cm³/mol. The van der Waals surface area contributed by atoms with E-state index in [2.05, 4.69) is 55.7 Å². The second-order valence-corrected chi connectivity index (χ2v) is 13.8. The number of piperidine rings is 1. The normalized spacial score (nSPS) is 23.6. The van der Waals surface area contributed by atoms with Crippen molar-refractivity contribution in [2.24, 2.45) is 0 Å². The smallest absolute Gasteiger partial charge is 0.247 e. The summed E-state index contributed by atoms with van der Waals surface area (Å²) in [5.41, 5.74) is 2.26. The van der Waals surface area contributed by atoms with Gasteiger partial charge in [-0.15, -0.1) is 0 Å². The lowest BCUT2D eigenvalue weighted by atomic mass is 9.97. The van der Waals surface area contributed by atoms with Gasteiger partial charge in [-0.3, -0.25) is 19.4 Å². The van der Waals surface area contributed by atoms with Crippen molar-refractivity contribution in [3.63, 3.8) is 0 Å². The van der Waals surface area contributed by atoms with Gasteiger partial charge in [0, 0.05) is 74.5 Å².